The zero-order valence-corrected chi connectivity index (χ0v) is 68.6. The first-order valence-corrected chi connectivity index (χ1v) is 40.1. The van der Waals surface area contributed by atoms with E-state index in [4.69, 9.17) is 34.4 Å². The fourth-order valence-corrected chi connectivity index (χ4v) is 12.1. The third-order valence-corrected chi connectivity index (χ3v) is 19.4. The standard InChI is InChI=1S/C76H120N22O18S/c1-11-41(6)61(74(114)95-54(35-47-37-83-38-85-47)68(108)93-55(36-57(79)101)69(109)92-52(33-45-21-14-12-15-22-45)67(107)88-48(25-18-19-30-77)65(105)91-51(75(115)116)26-20-31-84-76(81)82)98-70(110)53(34-46-23-16-13-17-24-46)94-73(113)60(40(4)5)97-62(102)42(7)86-64(104)50(29-32-117-10)89-66(106)49(27-28-56(78)100)90-72(112)59(39(2)3)96-63(103)43(8)87-71(111)58(80)44(9)99/h12-17,21-24,37-44,48-55,58-61,99H,11,18-20,25-36,77,80H2,1-10H3,(H2,78,100)(H2,79,101)(H,83,85)(H,86,104)(H,87,111)(H,88,107)(H,89,106)(H,90,112)(H,91,105)(H,92,109)(H,93,108)(H,94,113)(H,95,114)(H,96,103)(H,97,102)(H,98,110)(H,115,116)(H4,81,82,84)/t41-,42-,43-,44+,48-,49-,50-,51-,52-,53-,54-,55-,58-,59-,60-,61-/m0/s1. The second kappa shape index (κ2) is 51.6. The predicted octanol–water partition coefficient (Wildman–Crippen LogP) is -4.99. The highest BCUT2D eigenvalue weighted by Gasteiger charge is 2.40. The van der Waals surface area contributed by atoms with Crippen molar-refractivity contribution in [2.45, 2.75) is 236 Å². The number of carboxylic acid groups (broad SMARTS) is 1. The second-order valence-corrected chi connectivity index (χ2v) is 30.2. The Labute approximate surface area is 684 Å². The van der Waals surface area contributed by atoms with Crippen LogP contribution in [-0.4, -0.2) is 237 Å². The summed E-state index contributed by atoms with van der Waals surface area (Å²) in [4.78, 5) is 232. The summed E-state index contributed by atoms with van der Waals surface area (Å²) < 4.78 is 0. The molecule has 41 heteroatoms. The quantitative estimate of drug-likeness (QED) is 0.0143. The average Bonchev–Trinajstić information content (AvgIpc) is 1.46. The van der Waals surface area contributed by atoms with Gasteiger partial charge in [-0.25, -0.2) is 9.78 Å². The molecule has 0 aliphatic heterocycles. The van der Waals surface area contributed by atoms with Crippen LogP contribution in [0.2, 0.25) is 0 Å². The summed E-state index contributed by atoms with van der Waals surface area (Å²) in [6, 6.07) is -3.71. The highest BCUT2D eigenvalue weighted by atomic mass is 32.2. The molecule has 16 atom stereocenters. The Kier molecular flexibility index (Phi) is 44.0. The number of amides is 15. The summed E-state index contributed by atoms with van der Waals surface area (Å²) >= 11 is 1.31. The molecule has 3 aromatic rings. The van der Waals surface area contributed by atoms with Crippen molar-refractivity contribution >= 4 is 112 Å². The molecule has 0 saturated heterocycles. The Morgan fingerprint density at radius 2 is 0.863 bits per heavy atom. The van der Waals surface area contributed by atoms with E-state index in [1.54, 1.807) is 108 Å². The van der Waals surface area contributed by atoms with E-state index in [1.165, 1.54) is 45.1 Å². The number of aliphatic imine (C=N–C) groups is 1. The number of guanidine groups is 1. The monoisotopic (exact) mass is 1660 g/mol. The summed E-state index contributed by atoms with van der Waals surface area (Å²) in [5, 5.41) is 53.2. The van der Waals surface area contributed by atoms with Gasteiger partial charge in [0.15, 0.2) is 5.96 Å². The van der Waals surface area contributed by atoms with Gasteiger partial charge in [0.1, 0.15) is 84.6 Å². The predicted molar refractivity (Wildman–Crippen MR) is 434 cm³/mol. The first-order valence-electron chi connectivity index (χ1n) is 38.7. The van der Waals surface area contributed by atoms with Crippen molar-refractivity contribution in [2.24, 2.45) is 57.1 Å². The highest BCUT2D eigenvalue weighted by Crippen LogP contribution is 2.16. The Balaban J connectivity index is 1.95. The molecular weight excluding hydrogens is 1540 g/mol. The van der Waals surface area contributed by atoms with E-state index in [0.29, 0.717) is 24.0 Å². The van der Waals surface area contributed by atoms with Gasteiger partial charge in [0.2, 0.25) is 88.6 Å². The topological polar surface area (TPSA) is 667 Å². The van der Waals surface area contributed by atoms with Gasteiger partial charge < -0.3 is 119 Å². The molecule has 15 amide bonds. The van der Waals surface area contributed by atoms with E-state index in [2.05, 4.69) is 84.1 Å². The van der Waals surface area contributed by atoms with Gasteiger partial charge in [0.05, 0.1) is 18.9 Å². The Morgan fingerprint density at radius 3 is 1.31 bits per heavy atom. The maximum atomic E-state index is 14.9. The molecule has 0 spiro atoms. The van der Waals surface area contributed by atoms with Gasteiger partial charge in [-0.15, -0.1) is 0 Å². The van der Waals surface area contributed by atoms with Crippen molar-refractivity contribution in [1.29, 1.82) is 0 Å². The van der Waals surface area contributed by atoms with Crippen LogP contribution in [0.4, 0.5) is 0 Å². The fourth-order valence-electron chi connectivity index (χ4n) is 11.6. The van der Waals surface area contributed by atoms with E-state index in [1.807, 2.05) is 0 Å². The van der Waals surface area contributed by atoms with E-state index in [0.717, 1.165) is 0 Å². The van der Waals surface area contributed by atoms with Crippen LogP contribution in [0.1, 0.15) is 143 Å². The molecule has 648 valence electrons. The highest BCUT2D eigenvalue weighted by molar-refractivity contribution is 7.98. The number of primary amides is 2. The number of nitrogens with one attached hydrogen (secondary N) is 14. The van der Waals surface area contributed by atoms with Crippen LogP contribution >= 0.6 is 11.8 Å². The van der Waals surface area contributed by atoms with Crippen LogP contribution in [0.5, 0.6) is 0 Å². The Bertz CT molecular complexity index is 3820. The number of benzene rings is 2. The Hall–Kier alpha value is -11.3. The number of thioether (sulfide) groups is 1. The number of rotatable bonds is 54. The van der Waals surface area contributed by atoms with Crippen molar-refractivity contribution in [3.05, 3.63) is 90.0 Å². The number of nitrogens with two attached hydrogens (primary N) is 6. The SMILES string of the molecule is CC[C@H](C)[C@H](NC(=O)[C@H](Cc1ccccc1)NC(=O)[C@@H](NC(=O)[C@H](C)NC(=O)[C@H](CCSC)NC(=O)[C@H](CCC(N)=O)NC(=O)[C@@H](NC(=O)[C@H](C)NC(=O)[C@@H](N)[C@@H](C)O)C(C)C)C(C)C)C(=O)N[C@@H](Cc1cnc[nH]1)C(=O)N[C@@H](CC(N)=O)C(=O)N[C@@H](Cc1ccccc1)C(=O)N[C@@H](CCCCN)C(=O)N[C@@H](CCCN=C(N)N)C(=O)O. The van der Waals surface area contributed by atoms with Crippen molar-refractivity contribution in [3.63, 3.8) is 0 Å². The minimum Gasteiger partial charge on any atom is -0.480 e. The number of carboxylic acids is 1. The smallest absolute Gasteiger partial charge is 0.326 e. The second-order valence-electron chi connectivity index (χ2n) is 29.2. The number of aliphatic carboxylic acids is 1. The molecular formula is C76H120N22O18S. The summed E-state index contributed by atoms with van der Waals surface area (Å²) in [5.74, 6) is -17.3. The molecule has 40 nitrogen and oxygen atoms in total. The summed E-state index contributed by atoms with van der Waals surface area (Å²) in [5.41, 5.74) is 34.7. The summed E-state index contributed by atoms with van der Waals surface area (Å²) in [7, 11) is 0. The van der Waals surface area contributed by atoms with Crippen molar-refractivity contribution in [3.8, 4) is 0 Å². The van der Waals surface area contributed by atoms with E-state index in [9.17, 15) is 86.9 Å². The lowest BCUT2D eigenvalue weighted by Crippen LogP contribution is -2.62. The number of unbranched alkanes of at least 4 members (excludes halogenated alkanes) is 1. The number of hydrogen-bond donors (Lipinski definition) is 22. The van der Waals surface area contributed by atoms with Crippen LogP contribution in [-0.2, 0) is 96.0 Å². The molecule has 0 bridgehead atoms. The summed E-state index contributed by atoms with van der Waals surface area (Å²) in [6.07, 6.45) is 1.67. The fraction of sp³-hybridized carbons (Fsp3) is 0.579. The number of carbonyl (C=O) groups excluding carboxylic acids is 15. The largest absolute Gasteiger partial charge is 0.480 e. The van der Waals surface area contributed by atoms with Crippen LogP contribution < -0.4 is 104 Å². The van der Waals surface area contributed by atoms with Crippen LogP contribution in [0.15, 0.2) is 78.2 Å². The number of aliphatic hydroxyl groups is 1. The van der Waals surface area contributed by atoms with Gasteiger partial charge in [-0.05, 0) is 113 Å². The molecule has 0 radical (unpaired) electrons. The van der Waals surface area contributed by atoms with Crippen LogP contribution in [0.25, 0.3) is 0 Å². The van der Waals surface area contributed by atoms with Crippen LogP contribution in [0, 0.1) is 17.8 Å². The van der Waals surface area contributed by atoms with E-state index >= 15 is 0 Å². The van der Waals surface area contributed by atoms with E-state index in [-0.39, 0.29) is 88.3 Å². The molecule has 1 heterocycles. The van der Waals surface area contributed by atoms with Crippen molar-refractivity contribution in [2.75, 3.05) is 25.1 Å². The molecule has 0 aliphatic rings. The number of carbonyl (C=O) groups is 16. The Morgan fingerprint density at radius 1 is 0.462 bits per heavy atom. The molecule has 0 aliphatic carbocycles. The molecule has 0 unspecified atom stereocenters. The number of aromatic amines is 1. The number of nitrogens with zero attached hydrogens (tertiary/aromatic N) is 2. The van der Waals surface area contributed by atoms with Gasteiger partial charge in [0, 0.05) is 44.1 Å². The van der Waals surface area contributed by atoms with Gasteiger partial charge in [-0.2, -0.15) is 11.8 Å². The first-order chi connectivity index (χ1) is 55.2. The molecule has 117 heavy (non-hydrogen) atoms. The van der Waals surface area contributed by atoms with Gasteiger partial charge in [0.25, 0.3) is 0 Å². The maximum absolute atomic E-state index is 14.9. The number of H-pyrrole nitrogens is 1. The van der Waals surface area contributed by atoms with Crippen LogP contribution in [0.3, 0.4) is 0 Å². The number of aliphatic hydroxyl groups excluding tert-OH is 1. The van der Waals surface area contributed by atoms with E-state index < -0.39 is 216 Å². The zero-order chi connectivity index (χ0) is 87.8. The third-order valence-electron chi connectivity index (χ3n) is 18.8. The first kappa shape index (κ1) is 99.9. The average molecular weight is 1660 g/mol. The molecule has 0 saturated carbocycles. The number of hydrogen-bond acceptors (Lipinski definition) is 22. The molecule has 2 aromatic carbocycles. The molecule has 0 fully saturated rings. The minimum atomic E-state index is -1.85. The lowest BCUT2D eigenvalue weighted by Gasteiger charge is -2.30. The third kappa shape index (κ3) is 36.2. The number of aromatic nitrogens is 2. The van der Waals surface area contributed by atoms with Gasteiger partial charge in [-0.3, -0.25) is 76.9 Å². The summed E-state index contributed by atoms with van der Waals surface area (Å²) in [6.45, 7) is 13.9. The van der Waals surface area contributed by atoms with Crippen molar-refractivity contribution in [1.82, 2.24) is 79.1 Å². The normalized spacial score (nSPS) is 15.3. The maximum Gasteiger partial charge on any atom is 0.326 e. The zero-order valence-electron chi connectivity index (χ0n) is 67.8. The van der Waals surface area contributed by atoms with Crippen molar-refractivity contribution < 1.29 is 86.9 Å². The molecule has 3 rings (SSSR count). The lowest BCUT2D eigenvalue weighted by molar-refractivity contribution is -0.142. The lowest BCUT2D eigenvalue weighted by atomic mass is 9.96. The van der Waals surface area contributed by atoms with Gasteiger partial charge >= 0.3 is 5.97 Å². The minimum absolute atomic E-state index is 0.0244. The number of imidazole rings is 1. The molecule has 1 aromatic heterocycles. The molecule has 28 N–H and O–H groups in total. The van der Waals surface area contributed by atoms with Gasteiger partial charge in [-0.1, -0.05) is 109 Å².